The van der Waals surface area contributed by atoms with Gasteiger partial charge in [-0.05, 0) is 37.8 Å². The Labute approximate surface area is 132 Å². The number of carbonyl (C=O) groups excluding carboxylic acids is 1. The molecule has 0 aromatic heterocycles. The number of halogens is 4. The van der Waals surface area contributed by atoms with Crippen LogP contribution in [0.15, 0.2) is 18.2 Å². The van der Waals surface area contributed by atoms with Crippen molar-refractivity contribution in [1.82, 2.24) is 4.90 Å². The van der Waals surface area contributed by atoms with Crippen molar-refractivity contribution in [3.8, 4) is 0 Å². The highest BCUT2D eigenvalue weighted by Crippen LogP contribution is 2.33. The molecule has 0 saturated heterocycles. The molecular weight excluding hydrogens is 314 g/mol. The van der Waals surface area contributed by atoms with Crippen LogP contribution in [-0.4, -0.2) is 37.1 Å². The molecule has 128 valence electrons. The van der Waals surface area contributed by atoms with Crippen molar-refractivity contribution in [1.29, 1.82) is 0 Å². The second-order valence-corrected chi connectivity index (χ2v) is 5.75. The van der Waals surface area contributed by atoms with Gasteiger partial charge in [0.25, 0.3) is 5.91 Å². The highest BCUT2D eigenvalue weighted by molar-refractivity contribution is 5.94. The van der Waals surface area contributed by atoms with Gasteiger partial charge in [-0.3, -0.25) is 4.79 Å². The average molecular weight is 333 g/mol. The Hall–Kier alpha value is -1.63. The molecule has 0 aliphatic heterocycles. The van der Waals surface area contributed by atoms with Crippen LogP contribution in [0.25, 0.3) is 0 Å². The summed E-state index contributed by atoms with van der Waals surface area (Å²) in [6, 6.07) is 2.65. The van der Waals surface area contributed by atoms with E-state index in [-0.39, 0.29) is 12.1 Å². The zero-order chi connectivity index (χ0) is 17.2. The number of amides is 1. The fourth-order valence-corrected chi connectivity index (χ4v) is 2.94. The lowest BCUT2D eigenvalue weighted by molar-refractivity contribution is -0.140. The molecule has 0 spiro atoms. The molecule has 1 aromatic rings. The average Bonchev–Trinajstić information content (AvgIpc) is 2.52. The van der Waals surface area contributed by atoms with E-state index in [2.05, 4.69) is 0 Å². The van der Waals surface area contributed by atoms with E-state index in [1.54, 1.807) is 7.11 Å². The number of rotatable bonds is 3. The first kappa shape index (κ1) is 17.7. The summed E-state index contributed by atoms with van der Waals surface area (Å²) >= 11 is 0. The van der Waals surface area contributed by atoms with Crippen molar-refractivity contribution in [3.63, 3.8) is 0 Å². The number of benzene rings is 1. The van der Waals surface area contributed by atoms with E-state index in [9.17, 15) is 22.4 Å². The molecule has 2 rings (SSSR count). The molecule has 7 heteroatoms. The van der Waals surface area contributed by atoms with Gasteiger partial charge in [0.15, 0.2) is 0 Å². The van der Waals surface area contributed by atoms with E-state index in [1.165, 1.54) is 11.9 Å². The van der Waals surface area contributed by atoms with Crippen LogP contribution in [0.1, 0.15) is 41.6 Å². The molecule has 1 aromatic carbocycles. The van der Waals surface area contributed by atoms with Crippen molar-refractivity contribution in [3.05, 3.63) is 35.1 Å². The number of hydrogen-bond donors (Lipinski definition) is 0. The Balaban J connectivity index is 2.17. The third kappa shape index (κ3) is 3.83. The zero-order valence-electron chi connectivity index (χ0n) is 13.0. The van der Waals surface area contributed by atoms with Crippen LogP contribution >= 0.6 is 0 Å². The first-order valence-electron chi connectivity index (χ1n) is 7.41. The molecule has 1 aliphatic carbocycles. The van der Waals surface area contributed by atoms with Gasteiger partial charge in [-0.2, -0.15) is 13.2 Å². The lowest BCUT2D eigenvalue weighted by Gasteiger charge is -2.34. The molecule has 1 saturated carbocycles. The normalized spacial score (nSPS) is 22.0. The number of methoxy groups -OCH3 is 1. The predicted molar refractivity (Wildman–Crippen MR) is 76.5 cm³/mol. The Bertz CT molecular complexity index is 566. The quantitative estimate of drug-likeness (QED) is 0.786. The molecule has 0 bridgehead atoms. The van der Waals surface area contributed by atoms with E-state index < -0.39 is 29.0 Å². The van der Waals surface area contributed by atoms with Crippen LogP contribution in [-0.2, 0) is 10.9 Å². The van der Waals surface area contributed by atoms with E-state index in [4.69, 9.17) is 4.74 Å². The van der Waals surface area contributed by atoms with Gasteiger partial charge in [-0.25, -0.2) is 4.39 Å². The monoisotopic (exact) mass is 333 g/mol. The van der Waals surface area contributed by atoms with Crippen molar-refractivity contribution >= 4 is 5.91 Å². The third-order valence-electron chi connectivity index (χ3n) is 4.38. The summed E-state index contributed by atoms with van der Waals surface area (Å²) in [6.45, 7) is 0. The third-order valence-corrected chi connectivity index (χ3v) is 4.38. The molecule has 0 N–H and O–H groups in total. The molecule has 1 amide bonds. The van der Waals surface area contributed by atoms with Crippen molar-refractivity contribution < 1.29 is 27.1 Å². The van der Waals surface area contributed by atoms with Gasteiger partial charge in [0.05, 0.1) is 17.2 Å². The van der Waals surface area contributed by atoms with Gasteiger partial charge in [-0.1, -0.05) is 6.07 Å². The van der Waals surface area contributed by atoms with Crippen molar-refractivity contribution in [2.24, 2.45) is 0 Å². The fraction of sp³-hybridized carbons (Fsp3) is 0.562. The number of carbonyl (C=O) groups is 1. The predicted octanol–water partition coefficient (Wildman–Crippen LogP) is 3.87. The van der Waals surface area contributed by atoms with Crippen LogP contribution in [0.5, 0.6) is 0 Å². The van der Waals surface area contributed by atoms with E-state index in [1.807, 2.05) is 0 Å². The molecule has 0 radical (unpaired) electrons. The number of ether oxygens (including phenoxy) is 1. The number of alkyl halides is 3. The van der Waals surface area contributed by atoms with Crippen LogP contribution < -0.4 is 0 Å². The van der Waals surface area contributed by atoms with Gasteiger partial charge in [-0.15, -0.1) is 0 Å². The summed E-state index contributed by atoms with van der Waals surface area (Å²) in [5.41, 5.74) is -1.96. The summed E-state index contributed by atoms with van der Waals surface area (Å²) in [7, 11) is 3.12. The number of nitrogens with zero attached hydrogens (tertiary/aromatic N) is 1. The van der Waals surface area contributed by atoms with Crippen LogP contribution in [0.4, 0.5) is 17.6 Å². The maximum atomic E-state index is 14.1. The highest BCUT2D eigenvalue weighted by atomic mass is 19.4. The summed E-state index contributed by atoms with van der Waals surface area (Å²) in [6.07, 6.45) is -1.79. The summed E-state index contributed by atoms with van der Waals surface area (Å²) in [5, 5.41) is 0. The van der Waals surface area contributed by atoms with E-state index in [0.29, 0.717) is 18.9 Å². The largest absolute Gasteiger partial charge is 0.419 e. The Morgan fingerprint density at radius 2 is 1.83 bits per heavy atom. The molecule has 1 aliphatic rings. The van der Waals surface area contributed by atoms with Gasteiger partial charge in [0.2, 0.25) is 0 Å². The van der Waals surface area contributed by atoms with Crippen molar-refractivity contribution in [2.45, 2.75) is 44.0 Å². The van der Waals surface area contributed by atoms with Crippen LogP contribution in [0, 0.1) is 5.82 Å². The van der Waals surface area contributed by atoms with Gasteiger partial charge < -0.3 is 9.64 Å². The first-order chi connectivity index (χ1) is 10.8. The maximum absolute atomic E-state index is 14.1. The molecule has 23 heavy (non-hydrogen) atoms. The zero-order valence-corrected chi connectivity index (χ0v) is 13.0. The molecule has 1 fully saturated rings. The molecule has 0 heterocycles. The standard InChI is InChI=1S/C16H19F4NO2/c1-21(10-6-8-11(23-2)9-7-10)15(22)12-4-3-5-13(14(12)17)16(18,19)20/h3-5,10-11H,6-9H2,1-2H3. The maximum Gasteiger partial charge on any atom is 0.419 e. The highest BCUT2D eigenvalue weighted by Gasteiger charge is 2.36. The smallest absolute Gasteiger partial charge is 0.381 e. The van der Waals surface area contributed by atoms with Crippen molar-refractivity contribution in [2.75, 3.05) is 14.2 Å². The number of hydrogen-bond acceptors (Lipinski definition) is 2. The van der Waals surface area contributed by atoms with E-state index in [0.717, 1.165) is 25.0 Å². The minimum atomic E-state index is -4.82. The van der Waals surface area contributed by atoms with Gasteiger partial charge in [0.1, 0.15) is 5.82 Å². The lowest BCUT2D eigenvalue weighted by atomic mass is 9.91. The molecule has 3 nitrogen and oxygen atoms in total. The Morgan fingerprint density at radius 1 is 1.22 bits per heavy atom. The Kier molecular flexibility index (Phi) is 5.29. The fourth-order valence-electron chi connectivity index (χ4n) is 2.94. The second kappa shape index (κ2) is 6.86. The lowest BCUT2D eigenvalue weighted by Crippen LogP contribution is -2.41. The first-order valence-corrected chi connectivity index (χ1v) is 7.41. The summed E-state index contributed by atoms with van der Waals surface area (Å²) in [4.78, 5) is 13.7. The van der Waals surface area contributed by atoms with E-state index >= 15 is 0 Å². The van der Waals surface area contributed by atoms with Gasteiger partial charge in [0, 0.05) is 20.2 Å². The minimum Gasteiger partial charge on any atom is -0.381 e. The van der Waals surface area contributed by atoms with Crippen LogP contribution in [0.3, 0.4) is 0 Å². The summed E-state index contributed by atoms with van der Waals surface area (Å²) in [5.74, 6) is -2.24. The minimum absolute atomic E-state index is 0.122. The molecule has 0 unspecified atom stereocenters. The Morgan fingerprint density at radius 3 is 2.35 bits per heavy atom. The second-order valence-electron chi connectivity index (χ2n) is 5.75. The summed E-state index contributed by atoms with van der Waals surface area (Å²) < 4.78 is 57.6. The SMILES string of the molecule is COC1CCC(N(C)C(=O)c2cccc(C(F)(F)F)c2F)CC1. The van der Waals surface area contributed by atoms with Crippen LogP contribution in [0.2, 0.25) is 0 Å². The molecule has 0 atom stereocenters. The topological polar surface area (TPSA) is 29.5 Å². The molecular formula is C16H19F4NO2. The van der Waals surface area contributed by atoms with Gasteiger partial charge >= 0.3 is 6.18 Å².